The third-order valence-electron chi connectivity index (χ3n) is 7.56. The normalized spacial score (nSPS) is 12.9. The molecule has 0 saturated carbocycles. The molecule has 0 N–H and O–H groups in total. The molecule has 0 bridgehead atoms. The molecule has 0 aromatic heterocycles. The Bertz CT molecular complexity index is 447. The minimum Gasteiger partial charge on any atom is -0.465 e. The van der Waals surface area contributed by atoms with Crippen LogP contribution in [0.25, 0.3) is 0 Å². The Morgan fingerprint density at radius 2 is 0.778 bits per heavy atom. The van der Waals surface area contributed by atoms with E-state index in [1.54, 1.807) is 0 Å². The lowest BCUT2D eigenvalue weighted by atomic mass is 10.0. The van der Waals surface area contributed by atoms with E-state index in [9.17, 15) is 9.59 Å². The quantitative estimate of drug-likeness (QED) is 0.0814. The third kappa shape index (κ3) is 23.3. The van der Waals surface area contributed by atoms with Crippen LogP contribution in [0.4, 0.5) is 0 Å². The van der Waals surface area contributed by atoms with E-state index in [1.165, 1.54) is 89.9 Å². The van der Waals surface area contributed by atoms with Crippen LogP contribution >= 0.6 is 0 Å². The van der Waals surface area contributed by atoms with Crippen LogP contribution in [0.15, 0.2) is 0 Å². The van der Waals surface area contributed by atoms with Crippen molar-refractivity contribution in [2.75, 3.05) is 13.2 Å². The molecule has 0 saturated heterocycles. The van der Waals surface area contributed by atoms with E-state index in [2.05, 4.69) is 27.7 Å². The molecule has 0 rings (SSSR count). The lowest BCUT2D eigenvalue weighted by Gasteiger charge is -2.14. The number of esters is 2. The van der Waals surface area contributed by atoms with Crippen molar-refractivity contribution in [3.8, 4) is 0 Å². The summed E-state index contributed by atoms with van der Waals surface area (Å²) in [5.74, 6) is 1.07. The van der Waals surface area contributed by atoms with Gasteiger partial charge in [0.15, 0.2) is 0 Å². The number of ether oxygens (including phenoxy) is 2. The van der Waals surface area contributed by atoms with Gasteiger partial charge in [-0.2, -0.15) is 0 Å². The Morgan fingerprint density at radius 3 is 1.06 bits per heavy atom. The maximum atomic E-state index is 11.9. The molecule has 4 heteroatoms. The largest absolute Gasteiger partial charge is 0.465 e. The zero-order valence-corrected chi connectivity index (χ0v) is 24.8. The van der Waals surface area contributed by atoms with Gasteiger partial charge < -0.3 is 9.47 Å². The van der Waals surface area contributed by atoms with Crippen molar-refractivity contribution in [1.82, 2.24) is 0 Å². The summed E-state index contributed by atoms with van der Waals surface area (Å²) in [5, 5.41) is 0. The van der Waals surface area contributed by atoms with Gasteiger partial charge in [-0.15, -0.1) is 0 Å². The highest BCUT2D eigenvalue weighted by atomic mass is 16.5. The van der Waals surface area contributed by atoms with Crippen LogP contribution in [0.1, 0.15) is 169 Å². The summed E-state index contributed by atoms with van der Waals surface area (Å²) in [6.45, 7) is 10.0. The molecule has 2 atom stereocenters. The molecule has 214 valence electrons. The number of carbonyl (C=O) groups excluding carboxylic acids is 2. The summed E-state index contributed by atoms with van der Waals surface area (Å²) in [6, 6.07) is 0. The molecule has 36 heavy (non-hydrogen) atoms. The first kappa shape index (κ1) is 34.9. The average Bonchev–Trinajstić information content (AvgIpc) is 2.89. The van der Waals surface area contributed by atoms with Crippen LogP contribution in [-0.2, 0) is 19.1 Å². The van der Waals surface area contributed by atoms with E-state index >= 15 is 0 Å². The standard InChI is InChI=1S/C32H62O4/c1-5-9-23-29(7-3)27-35-31(33)25-21-19-17-15-13-11-12-14-16-18-20-22-26-32(34)36-28-30(8-4)24-10-6-2/h29-30H,5-28H2,1-4H3. The topological polar surface area (TPSA) is 52.6 Å². The van der Waals surface area contributed by atoms with Crippen LogP contribution in [0.2, 0.25) is 0 Å². The van der Waals surface area contributed by atoms with Crippen molar-refractivity contribution in [1.29, 1.82) is 0 Å². The van der Waals surface area contributed by atoms with Crippen molar-refractivity contribution in [3.05, 3.63) is 0 Å². The van der Waals surface area contributed by atoms with Gasteiger partial charge in [-0.05, 0) is 37.5 Å². The first-order valence-corrected chi connectivity index (χ1v) is 15.9. The average molecular weight is 511 g/mol. The highest BCUT2D eigenvalue weighted by molar-refractivity contribution is 5.69. The fourth-order valence-corrected chi connectivity index (χ4v) is 4.67. The summed E-state index contributed by atoms with van der Waals surface area (Å²) in [5.41, 5.74) is 0. The number of rotatable bonds is 27. The fourth-order valence-electron chi connectivity index (χ4n) is 4.67. The van der Waals surface area contributed by atoms with Gasteiger partial charge in [0.2, 0.25) is 0 Å². The predicted molar refractivity (Wildman–Crippen MR) is 153 cm³/mol. The molecule has 4 nitrogen and oxygen atoms in total. The van der Waals surface area contributed by atoms with Gasteiger partial charge in [-0.25, -0.2) is 0 Å². The molecular weight excluding hydrogens is 448 g/mol. The predicted octanol–water partition coefficient (Wildman–Crippen LogP) is 9.97. The van der Waals surface area contributed by atoms with Crippen LogP contribution in [0.5, 0.6) is 0 Å². The summed E-state index contributed by atoms with van der Waals surface area (Å²) in [4.78, 5) is 23.8. The minimum atomic E-state index is -0.00520. The summed E-state index contributed by atoms with van der Waals surface area (Å²) < 4.78 is 11.0. The van der Waals surface area contributed by atoms with Crippen molar-refractivity contribution < 1.29 is 19.1 Å². The SMILES string of the molecule is CCCCC(CC)COC(=O)CCCCCCCCCCCCCCC(=O)OCC(CC)CCCC. The van der Waals surface area contributed by atoms with Crippen molar-refractivity contribution in [2.45, 2.75) is 169 Å². The fraction of sp³-hybridized carbons (Fsp3) is 0.938. The summed E-state index contributed by atoms with van der Waals surface area (Å²) in [7, 11) is 0. The number of hydrogen-bond acceptors (Lipinski definition) is 4. The Kier molecular flexibility index (Phi) is 26.2. The van der Waals surface area contributed by atoms with E-state index in [4.69, 9.17) is 9.47 Å². The minimum absolute atomic E-state index is 0.00520. The van der Waals surface area contributed by atoms with Gasteiger partial charge in [0, 0.05) is 12.8 Å². The van der Waals surface area contributed by atoms with E-state index in [0.717, 1.165) is 38.5 Å². The van der Waals surface area contributed by atoms with Crippen molar-refractivity contribution >= 4 is 11.9 Å². The van der Waals surface area contributed by atoms with Gasteiger partial charge in [0.05, 0.1) is 13.2 Å². The Morgan fingerprint density at radius 1 is 0.472 bits per heavy atom. The van der Waals surface area contributed by atoms with Crippen LogP contribution < -0.4 is 0 Å². The lowest BCUT2D eigenvalue weighted by molar-refractivity contribution is -0.146. The van der Waals surface area contributed by atoms with E-state index in [1.807, 2.05) is 0 Å². The second-order valence-corrected chi connectivity index (χ2v) is 10.9. The van der Waals surface area contributed by atoms with Crippen molar-refractivity contribution in [2.24, 2.45) is 11.8 Å². The molecule has 0 aliphatic heterocycles. The molecule has 2 unspecified atom stereocenters. The molecule has 0 spiro atoms. The van der Waals surface area contributed by atoms with Crippen LogP contribution in [-0.4, -0.2) is 25.2 Å². The highest BCUT2D eigenvalue weighted by Gasteiger charge is 2.11. The zero-order valence-electron chi connectivity index (χ0n) is 24.8. The first-order chi connectivity index (χ1) is 17.6. The second kappa shape index (κ2) is 27.0. The van der Waals surface area contributed by atoms with Gasteiger partial charge in [-0.1, -0.05) is 130 Å². The van der Waals surface area contributed by atoms with E-state index in [0.29, 0.717) is 37.9 Å². The molecular formula is C32H62O4. The Hall–Kier alpha value is -1.06. The first-order valence-electron chi connectivity index (χ1n) is 15.9. The molecule has 0 heterocycles. The van der Waals surface area contributed by atoms with Gasteiger partial charge >= 0.3 is 11.9 Å². The summed E-state index contributed by atoms with van der Waals surface area (Å²) in [6.07, 6.45) is 25.1. The van der Waals surface area contributed by atoms with Gasteiger partial charge in [0.1, 0.15) is 0 Å². The van der Waals surface area contributed by atoms with Crippen LogP contribution in [0, 0.1) is 11.8 Å². The number of hydrogen-bond donors (Lipinski definition) is 0. The maximum Gasteiger partial charge on any atom is 0.305 e. The number of unbranched alkanes of at least 4 members (excludes halogenated alkanes) is 13. The molecule has 0 aliphatic rings. The Labute approximate surface area is 225 Å². The molecule has 0 fully saturated rings. The molecule has 0 aromatic carbocycles. The smallest absolute Gasteiger partial charge is 0.305 e. The third-order valence-corrected chi connectivity index (χ3v) is 7.56. The molecule has 0 amide bonds. The molecule has 0 aliphatic carbocycles. The molecule has 0 aromatic rings. The highest BCUT2D eigenvalue weighted by Crippen LogP contribution is 2.16. The Balaban J connectivity index is 3.40. The van der Waals surface area contributed by atoms with E-state index in [-0.39, 0.29) is 11.9 Å². The molecule has 0 radical (unpaired) electrons. The van der Waals surface area contributed by atoms with E-state index < -0.39 is 0 Å². The zero-order chi connectivity index (χ0) is 26.7. The lowest BCUT2D eigenvalue weighted by Crippen LogP contribution is -2.13. The summed E-state index contributed by atoms with van der Waals surface area (Å²) >= 11 is 0. The van der Waals surface area contributed by atoms with Gasteiger partial charge in [-0.3, -0.25) is 9.59 Å². The van der Waals surface area contributed by atoms with Gasteiger partial charge in [0.25, 0.3) is 0 Å². The number of carbonyl (C=O) groups is 2. The maximum absolute atomic E-state index is 11.9. The van der Waals surface area contributed by atoms with Crippen molar-refractivity contribution in [3.63, 3.8) is 0 Å². The monoisotopic (exact) mass is 510 g/mol. The second-order valence-electron chi connectivity index (χ2n) is 10.9. The van der Waals surface area contributed by atoms with Crippen LogP contribution in [0.3, 0.4) is 0 Å².